The molecule has 0 saturated heterocycles. The van der Waals surface area contributed by atoms with E-state index in [0.717, 1.165) is 19.4 Å². The molecule has 0 aliphatic heterocycles. The van der Waals surface area contributed by atoms with E-state index in [4.69, 9.17) is 5.73 Å². The quantitative estimate of drug-likeness (QED) is 0.543. The molecule has 0 fully saturated rings. The van der Waals surface area contributed by atoms with Crippen molar-refractivity contribution in [3.8, 4) is 0 Å². The smallest absolute Gasteiger partial charge is 0.234 e. The van der Waals surface area contributed by atoms with Crippen LogP contribution in [0.1, 0.15) is 26.7 Å². The van der Waals surface area contributed by atoms with E-state index in [0.29, 0.717) is 0 Å². The first-order valence-electron chi connectivity index (χ1n) is 3.71. The molecule has 0 heterocycles. The summed E-state index contributed by atoms with van der Waals surface area (Å²) in [7, 11) is 0. The van der Waals surface area contributed by atoms with Gasteiger partial charge in [0.1, 0.15) is 0 Å². The van der Waals surface area contributed by atoms with Crippen molar-refractivity contribution >= 4 is 5.91 Å². The number of amides is 1. The van der Waals surface area contributed by atoms with Gasteiger partial charge in [0.05, 0.1) is 6.04 Å². The molecule has 60 valence electrons. The van der Waals surface area contributed by atoms with Gasteiger partial charge in [0.2, 0.25) is 5.91 Å². The highest BCUT2D eigenvalue weighted by molar-refractivity contribution is 5.79. The first-order chi connectivity index (χ1) is 4.68. The highest BCUT2D eigenvalue weighted by Crippen LogP contribution is 1.84. The molecule has 0 unspecified atom stereocenters. The van der Waals surface area contributed by atoms with Crippen molar-refractivity contribution in [1.82, 2.24) is 5.32 Å². The molecular formula is C7H16N2O. The predicted molar refractivity (Wildman–Crippen MR) is 41.6 cm³/mol. The molecule has 3 nitrogen and oxygen atoms in total. The van der Waals surface area contributed by atoms with Crippen LogP contribution in [0, 0.1) is 0 Å². The standard InChI is InChI=1S/C7H16N2O/c1-3-4-5-9-6(2)7(8)10/h6,9H,3-5H2,1-2H3,(H2,8,10)/t6-/m0/s1. The summed E-state index contributed by atoms with van der Waals surface area (Å²) in [6, 6.07) is -0.188. The van der Waals surface area contributed by atoms with Gasteiger partial charge >= 0.3 is 0 Å². The molecule has 0 radical (unpaired) electrons. The van der Waals surface area contributed by atoms with Crippen LogP contribution >= 0.6 is 0 Å². The third-order valence-corrected chi connectivity index (χ3v) is 1.41. The Balaban J connectivity index is 3.21. The second-order valence-corrected chi connectivity index (χ2v) is 2.43. The zero-order valence-electron chi connectivity index (χ0n) is 6.68. The van der Waals surface area contributed by atoms with Gasteiger partial charge in [0, 0.05) is 0 Å². The van der Waals surface area contributed by atoms with Crippen LogP contribution in [0.5, 0.6) is 0 Å². The topological polar surface area (TPSA) is 55.1 Å². The van der Waals surface area contributed by atoms with Crippen molar-refractivity contribution in [3.63, 3.8) is 0 Å². The molecule has 0 bridgehead atoms. The highest BCUT2D eigenvalue weighted by atomic mass is 16.1. The van der Waals surface area contributed by atoms with Crippen LogP contribution in [-0.4, -0.2) is 18.5 Å². The summed E-state index contributed by atoms with van der Waals surface area (Å²) in [5.41, 5.74) is 5.02. The summed E-state index contributed by atoms with van der Waals surface area (Å²) >= 11 is 0. The van der Waals surface area contributed by atoms with Gasteiger partial charge in [-0.05, 0) is 19.9 Å². The summed E-state index contributed by atoms with van der Waals surface area (Å²) in [5, 5.41) is 3.01. The third-order valence-electron chi connectivity index (χ3n) is 1.41. The predicted octanol–water partition coefficient (Wildman–Crippen LogP) is 0.250. The van der Waals surface area contributed by atoms with E-state index in [-0.39, 0.29) is 11.9 Å². The van der Waals surface area contributed by atoms with Crippen molar-refractivity contribution in [2.24, 2.45) is 5.73 Å². The van der Waals surface area contributed by atoms with E-state index < -0.39 is 0 Å². The maximum Gasteiger partial charge on any atom is 0.234 e. The van der Waals surface area contributed by atoms with Gasteiger partial charge in [-0.2, -0.15) is 0 Å². The number of unbranched alkanes of at least 4 members (excludes halogenated alkanes) is 1. The average Bonchev–Trinajstić information content (AvgIpc) is 1.88. The fourth-order valence-electron chi connectivity index (χ4n) is 0.596. The molecule has 0 aromatic carbocycles. The van der Waals surface area contributed by atoms with Crippen LogP contribution in [0.2, 0.25) is 0 Å². The number of hydrogen-bond acceptors (Lipinski definition) is 2. The summed E-state index contributed by atoms with van der Waals surface area (Å²) < 4.78 is 0. The number of rotatable bonds is 5. The Kier molecular flexibility index (Phi) is 4.94. The number of hydrogen-bond donors (Lipinski definition) is 2. The molecule has 3 N–H and O–H groups in total. The largest absolute Gasteiger partial charge is 0.368 e. The molecule has 0 saturated carbocycles. The lowest BCUT2D eigenvalue weighted by Crippen LogP contribution is -2.39. The minimum Gasteiger partial charge on any atom is -0.368 e. The molecule has 1 amide bonds. The monoisotopic (exact) mass is 144 g/mol. The van der Waals surface area contributed by atoms with E-state index >= 15 is 0 Å². The lowest BCUT2D eigenvalue weighted by molar-refractivity contribution is -0.119. The molecule has 0 aromatic rings. The number of carbonyl (C=O) groups is 1. The normalized spacial score (nSPS) is 13.0. The number of nitrogens with two attached hydrogens (primary N) is 1. The van der Waals surface area contributed by atoms with Crippen molar-refractivity contribution in [3.05, 3.63) is 0 Å². The summed E-state index contributed by atoms with van der Waals surface area (Å²) in [6.07, 6.45) is 2.23. The van der Waals surface area contributed by atoms with Gasteiger partial charge in [-0.3, -0.25) is 4.79 Å². The van der Waals surface area contributed by atoms with Gasteiger partial charge in [0.15, 0.2) is 0 Å². The van der Waals surface area contributed by atoms with Gasteiger partial charge in [-0.15, -0.1) is 0 Å². The minimum absolute atomic E-state index is 0.188. The van der Waals surface area contributed by atoms with E-state index in [9.17, 15) is 4.79 Å². The summed E-state index contributed by atoms with van der Waals surface area (Å²) in [5.74, 6) is -0.281. The van der Waals surface area contributed by atoms with E-state index in [2.05, 4.69) is 12.2 Å². The highest BCUT2D eigenvalue weighted by Gasteiger charge is 2.04. The first kappa shape index (κ1) is 9.43. The van der Waals surface area contributed by atoms with Crippen LogP contribution in [0.3, 0.4) is 0 Å². The van der Waals surface area contributed by atoms with Crippen molar-refractivity contribution in [2.75, 3.05) is 6.54 Å². The van der Waals surface area contributed by atoms with Crippen LogP contribution in [0.15, 0.2) is 0 Å². The summed E-state index contributed by atoms with van der Waals surface area (Å²) in [6.45, 7) is 4.76. The fraction of sp³-hybridized carbons (Fsp3) is 0.857. The number of carbonyl (C=O) groups excluding carboxylic acids is 1. The lowest BCUT2D eigenvalue weighted by Gasteiger charge is -2.07. The lowest BCUT2D eigenvalue weighted by atomic mass is 10.3. The molecule has 0 aromatic heterocycles. The van der Waals surface area contributed by atoms with E-state index in [1.54, 1.807) is 6.92 Å². The number of primary amides is 1. The van der Waals surface area contributed by atoms with Crippen LogP contribution < -0.4 is 11.1 Å². The van der Waals surface area contributed by atoms with Crippen LogP contribution in [-0.2, 0) is 4.79 Å². The maximum atomic E-state index is 10.5. The Morgan fingerprint density at radius 3 is 2.70 bits per heavy atom. The maximum absolute atomic E-state index is 10.5. The van der Waals surface area contributed by atoms with E-state index in [1.165, 1.54) is 0 Å². The summed E-state index contributed by atoms with van der Waals surface area (Å²) in [4.78, 5) is 10.5. The zero-order chi connectivity index (χ0) is 7.98. The Hall–Kier alpha value is -0.570. The Morgan fingerprint density at radius 1 is 1.70 bits per heavy atom. The minimum atomic E-state index is -0.281. The third kappa shape index (κ3) is 4.32. The second kappa shape index (κ2) is 5.23. The number of nitrogens with one attached hydrogen (secondary N) is 1. The molecule has 0 rings (SSSR count). The van der Waals surface area contributed by atoms with E-state index in [1.807, 2.05) is 0 Å². The molecule has 0 spiro atoms. The zero-order valence-corrected chi connectivity index (χ0v) is 6.68. The Bertz CT molecular complexity index is 104. The fourth-order valence-corrected chi connectivity index (χ4v) is 0.596. The molecule has 3 heteroatoms. The Labute approximate surface area is 62.0 Å². The molecular weight excluding hydrogens is 128 g/mol. The molecule has 1 atom stereocenters. The Morgan fingerprint density at radius 2 is 2.30 bits per heavy atom. The van der Waals surface area contributed by atoms with Gasteiger partial charge in [0.25, 0.3) is 0 Å². The van der Waals surface area contributed by atoms with Gasteiger partial charge in [-0.1, -0.05) is 13.3 Å². The SMILES string of the molecule is CCCCN[C@@H](C)C(N)=O. The van der Waals surface area contributed by atoms with Crippen molar-refractivity contribution in [1.29, 1.82) is 0 Å². The van der Waals surface area contributed by atoms with Gasteiger partial charge < -0.3 is 11.1 Å². The van der Waals surface area contributed by atoms with Crippen molar-refractivity contribution in [2.45, 2.75) is 32.7 Å². The van der Waals surface area contributed by atoms with Gasteiger partial charge in [-0.25, -0.2) is 0 Å². The van der Waals surface area contributed by atoms with Crippen molar-refractivity contribution < 1.29 is 4.79 Å². The molecule has 0 aliphatic carbocycles. The van der Waals surface area contributed by atoms with Crippen LogP contribution in [0.4, 0.5) is 0 Å². The molecule has 0 aliphatic rings. The average molecular weight is 144 g/mol. The second-order valence-electron chi connectivity index (χ2n) is 2.43. The van der Waals surface area contributed by atoms with Crippen LogP contribution in [0.25, 0.3) is 0 Å². The molecule has 10 heavy (non-hydrogen) atoms. The first-order valence-corrected chi connectivity index (χ1v) is 3.71.